The van der Waals surface area contributed by atoms with Crippen LogP contribution in [0.5, 0.6) is 0 Å². The lowest BCUT2D eigenvalue weighted by Crippen LogP contribution is -2.38. The molecule has 0 radical (unpaired) electrons. The minimum atomic E-state index is 0.146. The van der Waals surface area contributed by atoms with Crippen molar-refractivity contribution in [3.05, 3.63) is 42.5 Å². The van der Waals surface area contributed by atoms with Crippen molar-refractivity contribution in [2.45, 2.75) is 33.2 Å². The average molecular weight is 246 g/mol. The monoisotopic (exact) mass is 246 g/mol. The smallest absolute Gasteiger partial charge is 0.0398 e. The molecule has 0 bridgehead atoms. The Morgan fingerprint density at radius 3 is 2.33 bits per heavy atom. The summed E-state index contributed by atoms with van der Waals surface area (Å²) in [5.74, 6) is 0. The molecule has 0 amide bonds. The number of rotatable bonds is 6. The first-order valence-corrected chi connectivity index (χ1v) is 6.64. The largest absolute Gasteiger partial charge is 0.368 e. The van der Waals surface area contributed by atoms with Gasteiger partial charge in [-0.05, 0) is 45.4 Å². The van der Waals surface area contributed by atoms with E-state index < -0.39 is 0 Å². The molecule has 0 saturated heterocycles. The van der Waals surface area contributed by atoms with Crippen LogP contribution < -0.4 is 10.2 Å². The summed E-state index contributed by atoms with van der Waals surface area (Å²) in [6.07, 6.45) is 0. The van der Waals surface area contributed by atoms with Gasteiger partial charge in [0.15, 0.2) is 0 Å². The molecule has 0 aliphatic rings. The van der Waals surface area contributed by atoms with Crippen LogP contribution in [0.15, 0.2) is 42.5 Å². The van der Waals surface area contributed by atoms with Gasteiger partial charge in [0.05, 0.1) is 0 Å². The zero-order valence-electron chi connectivity index (χ0n) is 12.2. The molecule has 0 heterocycles. The summed E-state index contributed by atoms with van der Waals surface area (Å²) in [7, 11) is 0. The number of likely N-dealkylation sites (N-methyl/N-ethyl adjacent to an activating group) is 1. The predicted octanol–water partition coefficient (Wildman–Crippen LogP) is 3.46. The molecule has 1 aromatic carbocycles. The normalized spacial score (nSPS) is 11.3. The van der Waals surface area contributed by atoms with Crippen molar-refractivity contribution in [1.82, 2.24) is 5.32 Å². The molecule has 0 aromatic heterocycles. The van der Waals surface area contributed by atoms with Gasteiger partial charge in [-0.2, -0.15) is 0 Å². The fourth-order valence-corrected chi connectivity index (χ4v) is 1.74. The van der Waals surface area contributed by atoms with Crippen molar-refractivity contribution in [2.75, 3.05) is 24.5 Å². The SMILES string of the molecule is C=C(CNC(C)(C)C)CN(CC)c1ccccc1. The fraction of sp³-hybridized carbons (Fsp3) is 0.500. The third-order valence-corrected chi connectivity index (χ3v) is 2.79. The number of nitrogens with one attached hydrogen (secondary N) is 1. The quantitative estimate of drug-likeness (QED) is 0.773. The van der Waals surface area contributed by atoms with Crippen LogP contribution in [0, 0.1) is 0 Å². The van der Waals surface area contributed by atoms with Gasteiger partial charge in [0.1, 0.15) is 0 Å². The average Bonchev–Trinajstić information content (AvgIpc) is 2.33. The molecule has 0 aliphatic heterocycles. The van der Waals surface area contributed by atoms with Gasteiger partial charge in [-0.15, -0.1) is 0 Å². The van der Waals surface area contributed by atoms with Gasteiger partial charge in [0, 0.05) is 30.9 Å². The van der Waals surface area contributed by atoms with E-state index in [1.165, 1.54) is 11.3 Å². The molecular formula is C16H26N2. The molecule has 0 spiro atoms. The lowest BCUT2D eigenvalue weighted by Gasteiger charge is -2.26. The Morgan fingerprint density at radius 2 is 1.83 bits per heavy atom. The summed E-state index contributed by atoms with van der Waals surface area (Å²) >= 11 is 0. The first-order chi connectivity index (χ1) is 8.42. The molecule has 1 N–H and O–H groups in total. The molecule has 0 unspecified atom stereocenters. The summed E-state index contributed by atoms with van der Waals surface area (Å²) in [6.45, 7) is 15.6. The summed E-state index contributed by atoms with van der Waals surface area (Å²) in [5.41, 5.74) is 2.62. The van der Waals surface area contributed by atoms with Crippen LogP contribution in [0.3, 0.4) is 0 Å². The second kappa shape index (κ2) is 6.60. The van der Waals surface area contributed by atoms with E-state index >= 15 is 0 Å². The van der Waals surface area contributed by atoms with E-state index in [2.05, 4.69) is 68.8 Å². The minimum Gasteiger partial charge on any atom is -0.368 e. The fourth-order valence-electron chi connectivity index (χ4n) is 1.74. The molecule has 0 atom stereocenters. The first kappa shape index (κ1) is 14.8. The van der Waals surface area contributed by atoms with Gasteiger partial charge in [0.2, 0.25) is 0 Å². The molecule has 18 heavy (non-hydrogen) atoms. The van der Waals surface area contributed by atoms with E-state index in [0.29, 0.717) is 0 Å². The predicted molar refractivity (Wildman–Crippen MR) is 81.2 cm³/mol. The van der Waals surface area contributed by atoms with Gasteiger partial charge in [-0.25, -0.2) is 0 Å². The maximum Gasteiger partial charge on any atom is 0.0398 e. The number of anilines is 1. The Kier molecular flexibility index (Phi) is 5.42. The molecule has 0 saturated carbocycles. The zero-order chi connectivity index (χ0) is 13.6. The summed E-state index contributed by atoms with van der Waals surface area (Å²) < 4.78 is 0. The highest BCUT2D eigenvalue weighted by Crippen LogP contribution is 2.14. The van der Waals surface area contributed by atoms with Crippen LogP contribution in [-0.2, 0) is 0 Å². The molecule has 1 aromatic rings. The maximum atomic E-state index is 4.17. The van der Waals surface area contributed by atoms with Gasteiger partial charge >= 0.3 is 0 Å². The van der Waals surface area contributed by atoms with Crippen LogP contribution in [0.1, 0.15) is 27.7 Å². The van der Waals surface area contributed by atoms with Crippen molar-refractivity contribution in [1.29, 1.82) is 0 Å². The molecule has 1 rings (SSSR count). The van der Waals surface area contributed by atoms with Gasteiger partial charge in [-0.1, -0.05) is 24.8 Å². The standard InChI is InChI=1S/C16H26N2/c1-6-18(15-10-8-7-9-11-15)13-14(2)12-17-16(3,4)5/h7-11,17H,2,6,12-13H2,1,3-5H3. The van der Waals surface area contributed by atoms with E-state index in [0.717, 1.165) is 19.6 Å². The van der Waals surface area contributed by atoms with Gasteiger partial charge < -0.3 is 10.2 Å². The lowest BCUT2D eigenvalue weighted by molar-refractivity contribution is 0.443. The lowest BCUT2D eigenvalue weighted by atomic mass is 10.1. The first-order valence-electron chi connectivity index (χ1n) is 6.64. The second-order valence-corrected chi connectivity index (χ2v) is 5.70. The molecule has 2 nitrogen and oxygen atoms in total. The van der Waals surface area contributed by atoms with Crippen molar-refractivity contribution in [3.8, 4) is 0 Å². The van der Waals surface area contributed by atoms with E-state index in [9.17, 15) is 0 Å². The molecule has 2 heteroatoms. The Bertz CT molecular complexity index is 362. The zero-order valence-corrected chi connectivity index (χ0v) is 12.2. The highest BCUT2D eigenvalue weighted by Gasteiger charge is 2.10. The van der Waals surface area contributed by atoms with Crippen LogP contribution >= 0.6 is 0 Å². The number of nitrogens with zero attached hydrogens (tertiary/aromatic N) is 1. The van der Waals surface area contributed by atoms with Crippen LogP contribution in [0.2, 0.25) is 0 Å². The Hall–Kier alpha value is -1.28. The van der Waals surface area contributed by atoms with Crippen LogP contribution in [0.4, 0.5) is 5.69 Å². The van der Waals surface area contributed by atoms with Crippen molar-refractivity contribution >= 4 is 5.69 Å². The van der Waals surface area contributed by atoms with E-state index in [1.807, 2.05) is 6.07 Å². The van der Waals surface area contributed by atoms with Crippen molar-refractivity contribution < 1.29 is 0 Å². The highest BCUT2D eigenvalue weighted by atomic mass is 15.1. The Balaban J connectivity index is 2.51. The summed E-state index contributed by atoms with van der Waals surface area (Å²) in [6, 6.07) is 10.5. The number of para-hydroxylation sites is 1. The summed E-state index contributed by atoms with van der Waals surface area (Å²) in [4.78, 5) is 2.34. The molecule has 100 valence electrons. The second-order valence-electron chi connectivity index (χ2n) is 5.70. The third kappa shape index (κ3) is 5.37. The highest BCUT2D eigenvalue weighted by molar-refractivity contribution is 5.47. The molecular weight excluding hydrogens is 220 g/mol. The van der Waals surface area contributed by atoms with Crippen molar-refractivity contribution in [2.24, 2.45) is 0 Å². The molecule has 0 aliphatic carbocycles. The van der Waals surface area contributed by atoms with Gasteiger partial charge in [0.25, 0.3) is 0 Å². The third-order valence-electron chi connectivity index (χ3n) is 2.79. The van der Waals surface area contributed by atoms with Gasteiger partial charge in [-0.3, -0.25) is 0 Å². The number of benzene rings is 1. The van der Waals surface area contributed by atoms with E-state index in [4.69, 9.17) is 0 Å². The van der Waals surface area contributed by atoms with Crippen LogP contribution in [-0.4, -0.2) is 25.2 Å². The maximum absolute atomic E-state index is 4.17. The van der Waals surface area contributed by atoms with E-state index in [1.54, 1.807) is 0 Å². The Morgan fingerprint density at radius 1 is 1.22 bits per heavy atom. The van der Waals surface area contributed by atoms with Crippen LogP contribution in [0.25, 0.3) is 0 Å². The topological polar surface area (TPSA) is 15.3 Å². The molecule has 0 fully saturated rings. The van der Waals surface area contributed by atoms with E-state index in [-0.39, 0.29) is 5.54 Å². The van der Waals surface area contributed by atoms with Crippen molar-refractivity contribution in [3.63, 3.8) is 0 Å². The minimum absolute atomic E-state index is 0.146. The number of hydrogen-bond donors (Lipinski definition) is 1. The summed E-state index contributed by atoms with van der Waals surface area (Å²) in [5, 5.41) is 3.48. The Labute approximate surface area is 112 Å². The number of hydrogen-bond acceptors (Lipinski definition) is 2.